The van der Waals surface area contributed by atoms with Gasteiger partial charge in [-0.25, -0.2) is 0 Å². The van der Waals surface area contributed by atoms with Gasteiger partial charge in [-0.1, -0.05) is 0 Å². The molecule has 4 N–H and O–H groups in total. The van der Waals surface area contributed by atoms with E-state index in [0.717, 1.165) is 0 Å². The van der Waals surface area contributed by atoms with Gasteiger partial charge in [-0.05, 0) is 6.42 Å². The van der Waals surface area contributed by atoms with Crippen LogP contribution in [0.15, 0.2) is 0 Å². The quantitative estimate of drug-likeness (QED) is 0.419. The predicted molar refractivity (Wildman–Crippen MR) is 43.6 cm³/mol. The zero-order valence-corrected chi connectivity index (χ0v) is 7.19. The van der Waals surface area contributed by atoms with Crippen molar-refractivity contribution in [3.05, 3.63) is 0 Å². The molecule has 0 aliphatic carbocycles. The Hall–Kier alpha value is -1.63. The van der Waals surface area contributed by atoms with Crippen LogP contribution in [-0.2, 0) is 14.4 Å². The Balaban J connectivity index is 2.23. The largest absolute Gasteiger partial charge is 0.480 e. The highest BCUT2D eigenvalue weighted by molar-refractivity contribution is 5.88. The lowest BCUT2D eigenvalue weighted by molar-refractivity contribution is -0.145. The van der Waals surface area contributed by atoms with Gasteiger partial charge in [-0.3, -0.25) is 19.7 Å². The van der Waals surface area contributed by atoms with Gasteiger partial charge in [0, 0.05) is 0 Å². The minimum atomic E-state index is -1.13. The number of carbonyl (C=O) groups is 3. The molecule has 1 amide bonds. The fourth-order valence-electron chi connectivity index (χ4n) is 1.09. The molecule has 14 heavy (non-hydrogen) atoms. The maximum atomic E-state index is 11.1. The first-order valence-electron chi connectivity index (χ1n) is 3.99. The van der Waals surface area contributed by atoms with Gasteiger partial charge < -0.3 is 15.5 Å². The Morgan fingerprint density at radius 2 is 1.86 bits per heavy atom. The molecular weight excluding hydrogens is 192 g/mol. The van der Waals surface area contributed by atoms with Crippen molar-refractivity contribution in [1.29, 1.82) is 0 Å². The number of carboxylic acid groups (broad SMARTS) is 2. The van der Waals surface area contributed by atoms with E-state index < -0.39 is 36.5 Å². The molecule has 7 nitrogen and oxygen atoms in total. The first-order valence-corrected chi connectivity index (χ1v) is 3.99. The summed E-state index contributed by atoms with van der Waals surface area (Å²) in [6.07, 6.45) is 0.195. The number of carboxylic acids is 2. The highest BCUT2D eigenvalue weighted by atomic mass is 16.4. The van der Waals surface area contributed by atoms with Crippen LogP contribution in [0.5, 0.6) is 0 Å². The molecule has 1 heterocycles. The second kappa shape index (κ2) is 4.05. The summed E-state index contributed by atoms with van der Waals surface area (Å²) in [6.45, 7) is -0.450. The van der Waals surface area contributed by atoms with Gasteiger partial charge in [0.15, 0.2) is 0 Å². The first kappa shape index (κ1) is 10.5. The minimum absolute atomic E-state index is 0.195. The van der Waals surface area contributed by atoms with E-state index in [0.29, 0.717) is 0 Å². The van der Waals surface area contributed by atoms with E-state index in [-0.39, 0.29) is 6.42 Å². The van der Waals surface area contributed by atoms with Crippen LogP contribution in [-0.4, -0.2) is 46.7 Å². The van der Waals surface area contributed by atoms with Crippen LogP contribution in [0.4, 0.5) is 0 Å². The molecule has 0 spiro atoms. The van der Waals surface area contributed by atoms with Crippen molar-refractivity contribution in [2.24, 2.45) is 0 Å². The molecule has 78 valence electrons. The van der Waals surface area contributed by atoms with Gasteiger partial charge in [0.2, 0.25) is 5.91 Å². The molecule has 2 atom stereocenters. The van der Waals surface area contributed by atoms with Crippen LogP contribution < -0.4 is 10.6 Å². The summed E-state index contributed by atoms with van der Waals surface area (Å²) in [5.41, 5.74) is 0. The average molecular weight is 202 g/mol. The second-order valence-electron chi connectivity index (χ2n) is 2.96. The van der Waals surface area contributed by atoms with Gasteiger partial charge in [-0.2, -0.15) is 0 Å². The van der Waals surface area contributed by atoms with Crippen LogP contribution >= 0.6 is 0 Å². The van der Waals surface area contributed by atoms with Crippen molar-refractivity contribution in [2.75, 3.05) is 6.54 Å². The fourth-order valence-corrected chi connectivity index (χ4v) is 1.09. The summed E-state index contributed by atoms with van der Waals surface area (Å²) in [5, 5.41) is 21.4. The molecule has 0 aromatic carbocycles. The molecule has 0 bridgehead atoms. The summed E-state index contributed by atoms with van der Waals surface area (Å²) in [6, 6.07) is -1.29. The van der Waals surface area contributed by atoms with Crippen LogP contribution in [0, 0.1) is 0 Å². The number of aliphatic carboxylic acids is 2. The van der Waals surface area contributed by atoms with Crippen LogP contribution in [0.25, 0.3) is 0 Å². The third-order valence-corrected chi connectivity index (χ3v) is 1.90. The lowest BCUT2D eigenvalue weighted by Crippen LogP contribution is -2.62. The van der Waals surface area contributed by atoms with Crippen molar-refractivity contribution in [3.63, 3.8) is 0 Å². The molecule has 1 saturated heterocycles. The number of carbonyl (C=O) groups excluding carboxylic acids is 1. The highest BCUT2D eigenvalue weighted by Crippen LogP contribution is 2.11. The molecule has 0 aromatic heterocycles. The van der Waals surface area contributed by atoms with Crippen molar-refractivity contribution in [3.8, 4) is 0 Å². The minimum Gasteiger partial charge on any atom is -0.480 e. The molecule has 0 radical (unpaired) electrons. The standard InChI is InChI=1S/C7H10N2O5/c10-5(11)2-8-6(12)3-1-4(9-3)7(13)14/h3-4,9H,1-2H2,(H,8,12)(H,10,11)(H,13,14)/t3-,4+/m0/s1. The number of hydrogen-bond donors (Lipinski definition) is 4. The van der Waals surface area contributed by atoms with E-state index >= 15 is 0 Å². The predicted octanol–water partition coefficient (Wildman–Crippen LogP) is -2.00. The molecule has 1 aliphatic rings. The topological polar surface area (TPSA) is 116 Å². The van der Waals surface area contributed by atoms with E-state index in [4.69, 9.17) is 10.2 Å². The maximum Gasteiger partial charge on any atom is 0.322 e. The molecule has 1 rings (SSSR count). The van der Waals surface area contributed by atoms with E-state index in [2.05, 4.69) is 10.6 Å². The smallest absolute Gasteiger partial charge is 0.322 e. The Labute approximate surface area is 79.1 Å². The van der Waals surface area contributed by atoms with Gasteiger partial charge >= 0.3 is 11.9 Å². The van der Waals surface area contributed by atoms with E-state index in [9.17, 15) is 14.4 Å². The molecule has 0 aromatic rings. The lowest BCUT2D eigenvalue weighted by Gasteiger charge is -2.32. The van der Waals surface area contributed by atoms with Crippen molar-refractivity contribution in [2.45, 2.75) is 18.5 Å². The summed E-state index contributed by atoms with van der Waals surface area (Å²) in [4.78, 5) is 31.5. The molecule has 1 fully saturated rings. The van der Waals surface area contributed by atoms with Crippen molar-refractivity contribution in [1.82, 2.24) is 10.6 Å². The van der Waals surface area contributed by atoms with Crippen LogP contribution in [0.2, 0.25) is 0 Å². The van der Waals surface area contributed by atoms with Crippen LogP contribution in [0.1, 0.15) is 6.42 Å². The molecule has 0 unspecified atom stereocenters. The molecule has 1 aliphatic heterocycles. The molecular formula is C7H10N2O5. The van der Waals surface area contributed by atoms with Crippen LogP contribution in [0.3, 0.4) is 0 Å². The molecule has 7 heteroatoms. The van der Waals surface area contributed by atoms with Gasteiger partial charge in [0.1, 0.15) is 12.6 Å². The van der Waals surface area contributed by atoms with Crippen molar-refractivity contribution < 1.29 is 24.6 Å². The number of amides is 1. The van der Waals surface area contributed by atoms with E-state index in [1.54, 1.807) is 0 Å². The second-order valence-corrected chi connectivity index (χ2v) is 2.96. The number of rotatable bonds is 4. The third-order valence-electron chi connectivity index (χ3n) is 1.90. The van der Waals surface area contributed by atoms with Gasteiger partial charge in [0.05, 0.1) is 6.04 Å². The summed E-state index contributed by atoms with van der Waals surface area (Å²) in [5.74, 6) is -2.62. The Morgan fingerprint density at radius 1 is 1.29 bits per heavy atom. The van der Waals surface area contributed by atoms with Crippen molar-refractivity contribution >= 4 is 17.8 Å². The maximum absolute atomic E-state index is 11.1. The summed E-state index contributed by atoms with van der Waals surface area (Å²) in [7, 11) is 0. The monoisotopic (exact) mass is 202 g/mol. The Bertz CT molecular complexity index is 271. The SMILES string of the molecule is O=C(O)CNC(=O)[C@@H]1C[C@H](C(=O)O)N1. The first-order chi connectivity index (χ1) is 6.50. The zero-order chi connectivity index (χ0) is 10.7. The summed E-state index contributed by atoms with van der Waals surface area (Å²) < 4.78 is 0. The van der Waals surface area contributed by atoms with Gasteiger partial charge in [0.25, 0.3) is 0 Å². The molecule has 0 saturated carbocycles. The summed E-state index contributed by atoms with van der Waals surface area (Å²) >= 11 is 0. The van der Waals surface area contributed by atoms with Gasteiger partial charge in [-0.15, -0.1) is 0 Å². The number of nitrogens with one attached hydrogen (secondary N) is 2. The average Bonchev–Trinajstić information content (AvgIpc) is 1.97. The fraction of sp³-hybridized carbons (Fsp3) is 0.571. The van der Waals surface area contributed by atoms with E-state index in [1.807, 2.05) is 0 Å². The highest BCUT2D eigenvalue weighted by Gasteiger charge is 2.37. The lowest BCUT2D eigenvalue weighted by atomic mass is 9.96. The number of hydrogen-bond acceptors (Lipinski definition) is 4. The Morgan fingerprint density at radius 3 is 2.29 bits per heavy atom. The Kier molecular flexibility index (Phi) is 3.03. The zero-order valence-electron chi connectivity index (χ0n) is 7.19. The normalized spacial score (nSPS) is 24.9. The van der Waals surface area contributed by atoms with E-state index in [1.165, 1.54) is 0 Å². The third kappa shape index (κ3) is 2.43.